The highest BCUT2D eigenvalue weighted by Crippen LogP contribution is 2.32. The van der Waals surface area contributed by atoms with Crippen molar-refractivity contribution in [1.82, 2.24) is 0 Å². The van der Waals surface area contributed by atoms with Crippen LogP contribution in [0.2, 0.25) is 0 Å². The van der Waals surface area contributed by atoms with E-state index in [1.807, 2.05) is 0 Å². The van der Waals surface area contributed by atoms with Crippen molar-refractivity contribution in [2.24, 2.45) is 5.14 Å². The van der Waals surface area contributed by atoms with E-state index in [2.05, 4.69) is 31.9 Å². The zero-order valence-corrected chi connectivity index (χ0v) is 11.0. The van der Waals surface area contributed by atoms with Gasteiger partial charge in [-0.05, 0) is 37.9 Å². The second-order valence-corrected chi connectivity index (χ2v) is 5.77. The van der Waals surface area contributed by atoms with E-state index in [0.717, 1.165) is 12.1 Å². The molecule has 1 aromatic rings. The smallest absolute Gasteiger partial charge is 0.258 e. The third kappa shape index (κ3) is 2.74. The minimum atomic E-state index is -3.90. The Kier molecular flexibility index (Phi) is 3.48. The Morgan fingerprint density at radius 3 is 2.20 bits per heavy atom. The van der Waals surface area contributed by atoms with Crippen LogP contribution in [-0.4, -0.2) is 13.3 Å². The first-order valence-corrected chi connectivity index (χ1v) is 6.53. The van der Waals surface area contributed by atoms with Crippen LogP contribution in [0.1, 0.15) is 0 Å². The largest absolute Gasteiger partial charge is 0.284 e. The zero-order valence-electron chi connectivity index (χ0n) is 6.98. The van der Waals surface area contributed by atoms with Crippen LogP contribution >= 0.6 is 31.9 Å². The van der Waals surface area contributed by atoms with Gasteiger partial charge >= 0.3 is 0 Å². The molecule has 15 heavy (non-hydrogen) atoms. The second kappa shape index (κ2) is 4.16. The summed E-state index contributed by atoms with van der Waals surface area (Å²) in [5.41, 5.74) is -0.241. The molecule has 2 N–H and O–H groups in total. The van der Waals surface area contributed by atoms with Gasteiger partial charge < -0.3 is 0 Å². The van der Waals surface area contributed by atoms with E-state index in [4.69, 9.17) is 5.14 Å². The highest BCUT2D eigenvalue weighted by atomic mass is 79.9. The van der Waals surface area contributed by atoms with Crippen molar-refractivity contribution in [3.8, 4) is 0 Å². The minimum Gasteiger partial charge on any atom is -0.258 e. The summed E-state index contributed by atoms with van der Waals surface area (Å²) >= 11 is 5.79. The lowest BCUT2D eigenvalue weighted by Crippen LogP contribution is -2.13. The monoisotopic (exact) mass is 358 g/mol. The van der Waals surface area contributed by atoms with Gasteiger partial charge in [-0.3, -0.25) is 10.1 Å². The van der Waals surface area contributed by atoms with Crippen LogP contribution in [-0.2, 0) is 10.0 Å². The van der Waals surface area contributed by atoms with Gasteiger partial charge in [0.05, 0.1) is 14.3 Å². The van der Waals surface area contributed by atoms with Crippen LogP contribution in [0.25, 0.3) is 0 Å². The van der Waals surface area contributed by atoms with Crippen molar-refractivity contribution in [2.75, 3.05) is 0 Å². The number of nitro benzene ring substituents is 1. The number of hydrogen-bond acceptors (Lipinski definition) is 4. The average molecular weight is 360 g/mol. The highest BCUT2D eigenvalue weighted by molar-refractivity contribution is 9.11. The highest BCUT2D eigenvalue weighted by Gasteiger charge is 2.20. The maximum atomic E-state index is 11.0. The van der Waals surface area contributed by atoms with Crippen molar-refractivity contribution < 1.29 is 13.3 Å². The molecule has 0 aliphatic carbocycles. The molecule has 0 aromatic heterocycles. The van der Waals surface area contributed by atoms with Crippen LogP contribution in [0.4, 0.5) is 5.69 Å². The maximum absolute atomic E-state index is 11.0. The molecule has 1 aromatic carbocycles. The SMILES string of the molecule is NS(=O)(=O)c1cc(Br)c([N+](=O)[O-])cc1Br. The summed E-state index contributed by atoms with van der Waals surface area (Å²) in [6, 6.07) is 2.15. The Hall–Kier alpha value is -0.510. The molecule has 1 rings (SSSR count). The van der Waals surface area contributed by atoms with Crippen LogP contribution in [0.3, 0.4) is 0 Å². The van der Waals surface area contributed by atoms with Crippen molar-refractivity contribution in [1.29, 1.82) is 0 Å². The third-order valence-electron chi connectivity index (χ3n) is 1.50. The number of nitro groups is 1. The van der Waals surface area contributed by atoms with Gasteiger partial charge in [0.2, 0.25) is 10.0 Å². The summed E-state index contributed by atoms with van der Waals surface area (Å²) in [5, 5.41) is 15.4. The minimum absolute atomic E-state index is 0.0553. The summed E-state index contributed by atoms with van der Waals surface area (Å²) in [6.45, 7) is 0. The average Bonchev–Trinajstić information content (AvgIpc) is 2.06. The Morgan fingerprint density at radius 2 is 1.80 bits per heavy atom. The van der Waals surface area contributed by atoms with Gasteiger partial charge in [-0.2, -0.15) is 0 Å². The first-order chi connectivity index (χ1) is 6.73. The van der Waals surface area contributed by atoms with E-state index in [9.17, 15) is 18.5 Å². The molecule has 0 saturated carbocycles. The summed E-state index contributed by atoms with van der Waals surface area (Å²) < 4.78 is 22.2. The normalized spacial score (nSPS) is 11.4. The van der Waals surface area contributed by atoms with Crippen molar-refractivity contribution in [3.63, 3.8) is 0 Å². The second-order valence-electron chi connectivity index (χ2n) is 2.54. The first kappa shape index (κ1) is 12.6. The van der Waals surface area contributed by atoms with Crippen molar-refractivity contribution >= 4 is 47.6 Å². The van der Waals surface area contributed by atoms with E-state index in [0.29, 0.717) is 0 Å². The summed E-state index contributed by atoms with van der Waals surface area (Å²) in [7, 11) is -3.90. The molecular weight excluding hydrogens is 356 g/mol. The molecule has 0 saturated heterocycles. The Morgan fingerprint density at radius 1 is 1.27 bits per heavy atom. The Labute approximate surface area is 102 Å². The van der Waals surface area contributed by atoms with E-state index >= 15 is 0 Å². The lowest BCUT2D eigenvalue weighted by molar-refractivity contribution is -0.385. The Balaban J connectivity index is 3.52. The predicted octanol–water partition coefficient (Wildman–Crippen LogP) is 1.77. The number of nitrogens with two attached hydrogens (primary N) is 1. The number of rotatable bonds is 2. The van der Waals surface area contributed by atoms with Crippen LogP contribution in [0, 0.1) is 10.1 Å². The molecule has 0 radical (unpaired) electrons. The molecule has 6 nitrogen and oxygen atoms in total. The molecule has 82 valence electrons. The van der Waals surface area contributed by atoms with Gasteiger partial charge in [-0.1, -0.05) is 0 Å². The van der Waals surface area contributed by atoms with Gasteiger partial charge in [-0.15, -0.1) is 0 Å². The number of hydrogen-bond donors (Lipinski definition) is 1. The fourth-order valence-corrected chi connectivity index (χ4v) is 3.14. The number of nitrogens with zero attached hydrogens (tertiary/aromatic N) is 1. The molecule has 0 spiro atoms. The molecule has 0 aliphatic rings. The van der Waals surface area contributed by atoms with E-state index < -0.39 is 14.9 Å². The maximum Gasteiger partial charge on any atom is 0.284 e. The summed E-state index contributed by atoms with van der Waals surface area (Å²) in [4.78, 5) is 9.66. The van der Waals surface area contributed by atoms with Gasteiger partial charge in [-0.25, -0.2) is 13.6 Å². The van der Waals surface area contributed by atoms with Gasteiger partial charge in [0.1, 0.15) is 0 Å². The van der Waals surface area contributed by atoms with Gasteiger partial charge in [0, 0.05) is 10.5 Å². The summed E-state index contributed by atoms with van der Waals surface area (Å²) in [6.07, 6.45) is 0. The molecule has 0 heterocycles. The van der Waals surface area contributed by atoms with Gasteiger partial charge in [0.15, 0.2) is 0 Å². The molecular formula is C6H4Br2N2O4S. The lowest BCUT2D eigenvalue weighted by atomic mass is 10.3. The van der Waals surface area contributed by atoms with Crippen LogP contribution < -0.4 is 5.14 Å². The molecule has 0 amide bonds. The third-order valence-corrected chi connectivity index (χ3v) is 4.01. The number of sulfonamides is 1. The number of benzene rings is 1. The van der Waals surface area contributed by atoms with Crippen molar-refractivity contribution in [2.45, 2.75) is 4.90 Å². The fraction of sp³-hybridized carbons (Fsp3) is 0. The van der Waals surface area contributed by atoms with E-state index in [-0.39, 0.29) is 19.5 Å². The van der Waals surface area contributed by atoms with Crippen LogP contribution in [0.15, 0.2) is 26.0 Å². The zero-order chi connectivity index (χ0) is 11.8. The van der Waals surface area contributed by atoms with Crippen molar-refractivity contribution in [3.05, 3.63) is 31.2 Å². The standard InChI is InChI=1S/C6H4Br2N2O4S/c7-3-2-6(15(9,13)14)4(8)1-5(3)10(11)12/h1-2H,(H2,9,13,14). The van der Waals surface area contributed by atoms with Crippen LogP contribution in [0.5, 0.6) is 0 Å². The molecule has 0 unspecified atom stereocenters. The summed E-state index contributed by atoms with van der Waals surface area (Å²) in [5.74, 6) is 0. The predicted molar refractivity (Wildman–Crippen MR) is 59.9 cm³/mol. The topological polar surface area (TPSA) is 103 Å². The fourth-order valence-electron chi connectivity index (χ4n) is 0.876. The molecule has 0 fully saturated rings. The molecule has 0 aliphatic heterocycles. The Bertz CT molecular complexity index is 528. The van der Waals surface area contributed by atoms with Gasteiger partial charge in [0.25, 0.3) is 5.69 Å². The van der Waals surface area contributed by atoms with E-state index in [1.165, 1.54) is 0 Å². The number of primary sulfonamides is 1. The lowest BCUT2D eigenvalue weighted by Gasteiger charge is -2.03. The molecule has 9 heteroatoms. The number of halogens is 2. The van der Waals surface area contributed by atoms with E-state index in [1.54, 1.807) is 0 Å². The first-order valence-electron chi connectivity index (χ1n) is 3.39. The molecule has 0 atom stereocenters. The quantitative estimate of drug-likeness (QED) is 0.641. The molecule has 0 bridgehead atoms.